The summed E-state index contributed by atoms with van der Waals surface area (Å²) in [5, 5.41) is 0. The molecule has 130 valence electrons. The molecule has 2 heterocycles. The maximum Gasteiger partial charge on any atom is 0.232 e. The largest absolute Gasteiger partial charge is 0.480 e. The second-order valence-electron chi connectivity index (χ2n) is 5.97. The molecule has 7 nitrogen and oxygen atoms in total. The number of aryl methyl sites for hydroxylation is 1. The predicted octanol–water partition coefficient (Wildman–Crippen LogP) is 1.89. The number of hydrogen-bond acceptors (Lipinski definition) is 7. The van der Waals surface area contributed by atoms with Crippen molar-refractivity contribution in [1.29, 1.82) is 0 Å². The minimum Gasteiger partial charge on any atom is -0.480 e. The van der Waals surface area contributed by atoms with Crippen LogP contribution in [0.1, 0.15) is 42.4 Å². The lowest BCUT2D eigenvalue weighted by Gasteiger charge is -2.16. The molecule has 0 atom stereocenters. The Hall–Kier alpha value is -2.22. The summed E-state index contributed by atoms with van der Waals surface area (Å²) >= 11 is 0. The van der Waals surface area contributed by atoms with Gasteiger partial charge in [0.05, 0.1) is 12.8 Å². The summed E-state index contributed by atoms with van der Waals surface area (Å²) in [4.78, 5) is 12.8. The summed E-state index contributed by atoms with van der Waals surface area (Å²) in [6.45, 7) is 5.73. The fourth-order valence-corrected chi connectivity index (χ4v) is 3.24. The van der Waals surface area contributed by atoms with E-state index in [0.717, 1.165) is 23.1 Å². The SMILES string of the molecule is COc1nc(C(C)C)c(Cc2cnc(C)nc2N)cc1S(C)(=O)=O. The molecule has 0 unspecified atom stereocenters. The van der Waals surface area contributed by atoms with Gasteiger partial charge in [0.1, 0.15) is 16.5 Å². The van der Waals surface area contributed by atoms with Crippen LogP contribution in [0.4, 0.5) is 5.82 Å². The smallest absolute Gasteiger partial charge is 0.232 e. The highest BCUT2D eigenvalue weighted by atomic mass is 32.2. The minimum absolute atomic E-state index is 0.0657. The van der Waals surface area contributed by atoms with E-state index in [1.165, 1.54) is 7.11 Å². The lowest BCUT2D eigenvalue weighted by atomic mass is 9.98. The molecule has 0 amide bonds. The molecular weight excluding hydrogens is 328 g/mol. The van der Waals surface area contributed by atoms with Crippen LogP contribution in [0.15, 0.2) is 17.2 Å². The zero-order valence-corrected chi connectivity index (χ0v) is 15.3. The Labute approximate surface area is 142 Å². The number of anilines is 1. The number of ether oxygens (including phenoxy) is 1. The first-order valence-corrected chi connectivity index (χ1v) is 9.38. The van der Waals surface area contributed by atoms with Crippen molar-refractivity contribution in [3.8, 4) is 5.88 Å². The topological polar surface area (TPSA) is 108 Å². The van der Waals surface area contributed by atoms with Crippen LogP contribution in [0, 0.1) is 6.92 Å². The molecule has 0 saturated heterocycles. The highest BCUT2D eigenvalue weighted by Gasteiger charge is 2.21. The lowest BCUT2D eigenvalue weighted by molar-refractivity contribution is 0.382. The highest BCUT2D eigenvalue weighted by molar-refractivity contribution is 7.90. The molecule has 2 aromatic heterocycles. The van der Waals surface area contributed by atoms with Crippen LogP contribution in [-0.4, -0.2) is 36.7 Å². The fourth-order valence-electron chi connectivity index (χ4n) is 2.44. The molecule has 2 aromatic rings. The van der Waals surface area contributed by atoms with Gasteiger partial charge in [-0.2, -0.15) is 0 Å². The van der Waals surface area contributed by atoms with E-state index >= 15 is 0 Å². The van der Waals surface area contributed by atoms with Gasteiger partial charge in [0.25, 0.3) is 0 Å². The normalized spacial score (nSPS) is 11.8. The van der Waals surface area contributed by atoms with Gasteiger partial charge in [-0.15, -0.1) is 0 Å². The average molecular weight is 350 g/mol. The second-order valence-corrected chi connectivity index (χ2v) is 7.96. The van der Waals surface area contributed by atoms with Gasteiger partial charge < -0.3 is 10.5 Å². The van der Waals surface area contributed by atoms with Gasteiger partial charge in [0, 0.05) is 24.4 Å². The van der Waals surface area contributed by atoms with Gasteiger partial charge in [-0.25, -0.2) is 23.4 Å². The molecule has 0 bridgehead atoms. The van der Waals surface area contributed by atoms with Crippen LogP contribution in [0.25, 0.3) is 0 Å². The van der Waals surface area contributed by atoms with Crippen LogP contribution < -0.4 is 10.5 Å². The van der Waals surface area contributed by atoms with Crippen molar-refractivity contribution in [2.75, 3.05) is 19.1 Å². The third kappa shape index (κ3) is 3.81. The van der Waals surface area contributed by atoms with E-state index in [1.807, 2.05) is 13.8 Å². The molecular formula is C16H22N4O3S. The van der Waals surface area contributed by atoms with E-state index < -0.39 is 9.84 Å². The predicted molar refractivity (Wildman–Crippen MR) is 92.0 cm³/mol. The molecule has 0 radical (unpaired) electrons. The highest BCUT2D eigenvalue weighted by Crippen LogP contribution is 2.30. The maximum absolute atomic E-state index is 12.0. The summed E-state index contributed by atoms with van der Waals surface area (Å²) in [5.41, 5.74) is 8.22. The van der Waals surface area contributed by atoms with E-state index in [1.54, 1.807) is 19.2 Å². The molecule has 24 heavy (non-hydrogen) atoms. The van der Waals surface area contributed by atoms with E-state index in [9.17, 15) is 8.42 Å². The van der Waals surface area contributed by atoms with Crippen LogP contribution >= 0.6 is 0 Å². The molecule has 0 aliphatic rings. The Kier molecular flexibility index (Phi) is 5.08. The van der Waals surface area contributed by atoms with Crippen molar-refractivity contribution < 1.29 is 13.2 Å². The van der Waals surface area contributed by atoms with Crippen molar-refractivity contribution in [3.05, 3.63) is 34.9 Å². The number of sulfone groups is 1. The van der Waals surface area contributed by atoms with Crippen molar-refractivity contribution in [2.45, 2.75) is 38.0 Å². The van der Waals surface area contributed by atoms with E-state index in [2.05, 4.69) is 15.0 Å². The molecule has 0 aliphatic heterocycles. The van der Waals surface area contributed by atoms with E-state index in [0.29, 0.717) is 18.1 Å². The molecule has 2 N–H and O–H groups in total. The average Bonchev–Trinajstić information content (AvgIpc) is 2.48. The summed E-state index contributed by atoms with van der Waals surface area (Å²) < 4.78 is 29.2. The van der Waals surface area contributed by atoms with E-state index in [4.69, 9.17) is 10.5 Å². The molecule has 0 fully saturated rings. The third-order valence-corrected chi connectivity index (χ3v) is 4.70. The summed E-state index contributed by atoms with van der Waals surface area (Å²) in [6.07, 6.45) is 3.19. The number of nitrogens with two attached hydrogens (primary N) is 1. The molecule has 2 rings (SSSR count). The molecule has 0 spiro atoms. The number of nitrogens with zero attached hydrogens (tertiary/aromatic N) is 3. The van der Waals surface area contributed by atoms with Crippen molar-refractivity contribution in [1.82, 2.24) is 15.0 Å². The standard InChI is InChI=1S/C16H22N4O3S/c1-9(2)14-11(6-12-8-18-10(3)19-15(12)17)7-13(24(5,21)22)16(20-14)23-4/h7-9H,6H2,1-5H3,(H2,17,18,19). The third-order valence-electron chi connectivity index (χ3n) is 3.61. The Bertz CT molecular complexity index is 864. The first-order chi connectivity index (χ1) is 11.1. The number of rotatable bonds is 5. The second kappa shape index (κ2) is 6.72. The summed E-state index contributed by atoms with van der Waals surface area (Å²) in [6, 6.07) is 1.61. The van der Waals surface area contributed by atoms with Crippen molar-refractivity contribution >= 4 is 15.7 Å². The lowest BCUT2D eigenvalue weighted by Crippen LogP contribution is -2.10. The summed E-state index contributed by atoms with van der Waals surface area (Å²) in [5.74, 6) is 1.17. The van der Waals surface area contributed by atoms with Gasteiger partial charge in [0.15, 0.2) is 9.84 Å². The number of pyridine rings is 1. The number of nitrogen functional groups attached to an aromatic ring is 1. The van der Waals surface area contributed by atoms with Gasteiger partial charge in [-0.1, -0.05) is 13.8 Å². The van der Waals surface area contributed by atoms with E-state index in [-0.39, 0.29) is 16.7 Å². The molecule has 0 aliphatic carbocycles. The van der Waals surface area contributed by atoms with Crippen LogP contribution in [0.2, 0.25) is 0 Å². The van der Waals surface area contributed by atoms with Crippen molar-refractivity contribution in [3.63, 3.8) is 0 Å². The van der Waals surface area contributed by atoms with Crippen molar-refractivity contribution in [2.24, 2.45) is 0 Å². The zero-order valence-electron chi connectivity index (χ0n) is 14.5. The van der Waals surface area contributed by atoms with Gasteiger partial charge >= 0.3 is 0 Å². The number of methoxy groups -OCH3 is 1. The quantitative estimate of drug-likeness (QED) is 0.877. The van der Waals surface area contributed by atoms with Crippen LogP contribution in [0.3, 0.4) is 0 Å². The van der Waals surface area contributed by atoms with Crippen LogP contribution in [0.5, 0.6) is 5.88 Å². The zero-order chi connectivity index (χ0) is 18.1. The van der Waals surface area contributed by atoms with Gasteiger partial charge in [-0.05, 0) is 24.5 Å². The fraction of sp³-hybridized carbons (Fsp3) is 0.438. The monoisotopic (exact) mass is 350 g/mol. The Morgan fingerprint density at radius 2 is 1.92 bits per heavy atom. The Morgan fingerprint density at radius 1 is 1.25 bits per heavy atom. The summed E-state index contributed by atoms with van der Waals surface area (Å²) in [7, 11) is -2.06. The molecule has 8 heteroatoms. The first kappa shape index (κ1) is 18.1. The van der Waals surface area contributed by atoms with Gasteiger partial charge in [-0.3, -0.25) is 0 Å². The minimum atomic E-state index is -3.47. The Morgan fingerprint density at radius 3 is 2.42 bits per heavy atom. The number of aromatic nitrogens is 3. The first-order valence-electron chi connectivity index (χ1n) is 7.49. The molecule has 0 saturated carbocycles. The van der Waals surface area contributed by atoms with Gasteiger partial charge in [0.2, 0.25) is 5.88 Å². The maximum atomic E-state index is 12.0. The van der Waals surface area contributed by atoms with Crippen LogP contribution in [-0.2, 0) is 16.3 Å². The Balaban J connectivity index is 2.62. The molecule has 0 aromatic carbocycles. The number of hydrogen-bond donors (Lipinski definition) is 1.